The van der Waals surface area contributed by atoms with E-state index >= 15 is 0 Å². The van der Waals surface area contributed by atoms with Gasteiger partial charge in [-0.3, -0.25) is 9.59 Å². The van der Waals surface area contributed by atoms with Gasteiger partial charge in [0.05, 0.1) is 34.5 Å². The van der Waals surface area contributed by atoms with Crippen LogP contribution in [0.5, 0.6) is 0 Å². The Balaban J connectivity index is 1.67. The third-order valence-electron chi connectivity index (χ3n) is 4.93. The summed E-state index contributed by atoms with van der Waals surface area (Å²) >= 11 is 0. The molecule has 8 nitrogen and oxygen atoms in total. The monoisotopic (exact) mass is 393 g/mol. The van der Waals surface area contributed by atoms with E-state index in [-0.39, 0.29) is 29.5 Å². The Morgan fingerprint density at radius 2 is 2.11 bits per heavy atom. The number of nitrogens with one attached hydrogen (secondary N) is 3. The Bertz CT molecular complexity index is 1020. The molecule has 3 N–H and O–H groups in total. The summed E-state index contributed by atoms with van der Waals surface area (Å²) in [6, 6.07) is 7.12. The fourth-order valence-electron chi connectivity index (χ4n) is 3.48. The van der Waals surface area contributed by atoms with Gasteiger partial charge < -0.3 is 15.2 Å². The molecule has 1 unspecified atom stereocenters. The second-order valence-electron chi connectivity index (χ2n) is 7.44. The third kappa shape index (κ3) is 4.72. The molecule has 3 rings (SSSR count). The second kappa shape index (κ2) is 7.40. The Hall–Kier alpha value is -2.26. The Morgan fingerprint density at radius 1 is 1.37 bits per heavy atom. The van der Waals surface area contributed by atoms with Crippen molar-refractivity contribution >= 4 is 26.6 Å². The molecule has 2 atom stereocenters. The van der Waals surface area contributed by atoms with Gasteiger partial charge >= 0.3 is 0 Å². The molecule has 1 aromatic carbocycles. The number of carbonyl (C=O) groups excluding carboxylic acids is 1. The van der Waals surface area contributed by atoms with Crippen molar-refractivity contribution in [2.75, 3.05) is 24.6 Å². The number of aromatic nitrogens is 2. The number of amides is 1. The predicted molar refractivity (Wildman–Crippen MR) is 102 cm³/mol. The lowest BCUT2D eigenvalue weighted by Crippen LogP contribution is -3.11. The van der Waals surface area contributed by atoms with Gasteiger partial charge in [-0.15, -0.1) is 0 Å². The van der Waals surface area contributed by atoms with E-state index in [1.165, 1.54) is 0 Å². The Kier molecular flexibility index (Phi) is 5.34. The molecule has 2 heterocycles. The van der Waals surface area contributed by atoms with Crippen molar-refractivity contribution in [1.29, 1.82) is 0 Å². The molecular formula is C18H25N4O4S+. The number of hydrogen-bond acceptors (Lipinski definition) is 5. The number of fused-ring (bicyclic) bond motifs is 1. The van der Waals surface area contributed by atoms with E-state index in [1.54, 1.807) is 25.1 Å². The van der Waals surface area contributed by atoms with Crippen molar-refractivity contribution in [3.05, 3.63) is 40.4 Å². The predicted octanol–water partition coefficient (Wildman–Crippen LogP) is -0.979. The number of carbonyl (C=O) groups is 1. The lowest BCUT2D eigenvalue weighted by Gasteiger charge is -2.25. The highest BCUT2D eigenvalue weighted by Gasteiger charge is 2.39. The quantitative estimate of drug-likeness (QED) is 0.584. The average molecular weight is 393 g/mol. The highest BCUT2D eigenvalue weighted by atomic mass is 32.2. The maximum Gasteiger partial charge on any atom is 0.275 e. The Labute approximate surface area is 157 Å². The van der Waals surface area contributed by atoms with Crippen LogP contribution in [-0.4, -0.2) is 54.4 Å². The molecule has 0 radical (unpaired) electrons. The van der Waals surface area contributed by atoms with Crippen LogP contribution < -0.4 is 15.8 Å². The van der Waals surface area contributed by atoms with Crippen LogP contribution in [0.1, 0.15) is 26.1 Å². The van der Waals surface area contributed by atoms with Crippen molar-refractivity contribution in [3.63, 3.8) is 0 Å². The van der Waals surface area contributed by atoms with Crippen molar-refractivity contribution in [3.8, 4) is 0 Å². The van der Waals surface area contributed by atoms with Crippen LogP contribution in [0.4, 0.5) is 0 Å². The third-order valence-corrected chi connectivity index (χ3v) is 6.84. The summed E-state index contributed by atoms with van der Waals surface area (Å²) in [7, 11) is -3.08. The van der Waals surface area contributed by atoms with E-state index in [4.69, 9.17) is 0 Å². The minimum absolute atomic E-state index is 0.0211. The summed E-state index contributed by atoms with van der Waals surface area (Å²) in [4.78, 5) is 32.8. The number of benzene rings is 1. The summed E-state index contributed by atoms with van der Waals surface area (Å²) in [5, 5.41) is 3.41. The van der Waals surface area contributed by atoms with Crippen LogP contribution in [0.15, 0.2) is 29.1 Å². The summed E-state index contributed by atoms with van der Waals surface area (Å²) in [5.74, 6) is 0.413. The number of sulfone groups is 1. The number of likely N-dealkylation sites (N-methyl/N-ethyl adjacent to an activating group) is 1. The van der Waals surface area contributed by atoms with Gasteiger partial charge in [0.1, 0.15) is 6.54 Å². The first-order valence-corrected chi connectivity index (χ1v) is 10.8. The lowest BCUT2D eigenvalue weighted by atomic mass is 10.0. The van der Waals surface area contributed by atoms with Crippen LogP contribution >= 0.6 is 0 Å². The zero-order valence-corrected chi connectivity index (χ0v) is 16.4. The molecule has 9 heteroatoms. The maximum atomic E-state index is 12.4. The number of hydrogen-bond donors (Lipinski definition) is 3. The second-order valence-corrected chi connectivity index (χ2v) is 9.62. The molecule has 1 amide bonds. The summed E-state index contributed by atoms with van der Waals surface area (Å²) in [5.41, 5.74) is -0.274. The zero-order chi connectivity index (χ0) is 19.7. The number of nitrogens with zero attached hydrogens (tertiary/aromatic N) is 1. The normalized spacial score (nSPS) is 22.6. The van der Waals surface area contributed by atoms with E-state index in [9.17, 15) is 18.0 Å². The highest BCUT2D eigenvalue weighted by Crippen LogP contribution is 2.22. The molecule has 1 saturated heterocycles. The largest absolute Gasteiger partial charge is 0.345 e. The Morgan fingerprint density at radius 3 is 2.78 bits per heavy atom. The topological polar surface area (TPSA) is 113 Å². The summed E-state index contributed by atoms with van der Waals surface area (Å²) in [6.45, 7) is 4.97. The molecule has 146 valence electrons. The van der Waals surface area contributed by atoms with Gasteiger partial charge in [-0.05, 0) is 32.4 Å². The number of para-hydroxylation sites is 1. The molecule has 0 saturated carbocycles. The fourth-order valence-corrected chi connectivity index (χ4v) is 5.58. The molecule has 1 aliphatic heterocycles. The van der Waals surface area contributed by atoms with E-state index in [1.807, 2.05) is 13.0 Å². The van der Waals surface area contributed by atoms with Crippen LogP contribution in [0.2, 0.25) is 0 Å². The highest BCUT2D eigenvalue weighted by molar-refractivity contribution is 7.91. The molecule has 0 spiro atoms. The van der Waals surface area contributed by atoms with Crippen molar-refractivity contribution in [1.82, 2.24) is 15.3 Å². The van der Waals surface area contributed by atoms with E-state index in [0.717, 1.165) is 4.90 Å². The zero-order valence-electron chi connectivity index (χ0n) is 15.5. The van der Waals surface area contributed by atoms with Gasteiger partial charge in [0.25, 0.3) is 11.5 Å². The van der Waals surface area contributed by atoms with Crippen LogP contribution in [-0.2, 0) is 21.2 Å². The molecule has 27 heavy (non-hydrogen) atoms. The first-order chi connectivity index (χ1) is 12.7. The van der Waals surface area contributed by atoms with Crippen LogP contribution in [0, 0.1) is 0 Å². The summed E-state index contributed by atoms with van der Waals surface area (Å²) < 4.78 is 23.4. The van der Waals surface area contributed by atoms with Crippen molar-refractivity contribution in [2.24, 2.45) is 0 Å². The molecular weight excluding hydrogens is 368 g/mol. The average Bonchev–Trinajstić information content (AvgIpc) is 2.87. The lowest BCUT2D eigenvalue weighted by molar-refractivity contribution is -0.904. The molecule has 1 aliphatic rings. The minimum Gasteiger partial charge on any atom is -0.345 e. The number of rotatable bonds is 6. The molecule has 0 aliphatic carbocycles. The number of H-pyrrole nitrogens is 1. The van der Waals surface area contributed by atoms with Crippen LogP contribution in [0.25, 0.3) is 10.9 Å². The van der Waals surface area contributed by atoms with Gasteiger partial charge in [0, 0.05) is 0 Å². The van der Waals surface area contributed by atoms with Crippen molar-refractivity contribution < 1.29 is 18.1 Å². The fraction of sp³-hybridized carbons (Fsp3) is 0.500. The van der Waals surface area contributed by atoms with Gasteiger partial charge in [-0.2, -0.15) is 0 Å². The molecule has 2 aromatic rings. The minimum atomic E-state index is -3.08. The van der Waals surface area contributed by atoms with Gasteiger partial charge in [-0.25, -0.2) is 13.4 Å². The van der Waals surface area contributed by atoms with Crippen LogP contribution in [0.3, 0.4) is 0 Å². The molecule has 0 bridgehead atoms. The van der Waals surface area contributed by atoms with E-state index in [0.29, 0.717) is 36.2 Å². The SMILES string of the molecule is CC[NH+](CC(=O)N[C@@]1(C)CCS(=O)(=O)C1)Cc1nc2ccccc2c(=O)[nH]1. The first-order valence-electron chi connectivity index (χ1n) is 9.03. The maximum absolute atomic E-state index is 12.4. The molecule has 1 fully saturated rings. The number of aromatic amines is 1. The standard InChI is InChI=1S/C18H24N4O4S/c1-3-22(11-16(23)21-18(2)8-9-27(25,26)12-18)10-15-19-14-7-5-4-6-13(14)17(24)20-15/h4-7H,3,8-12H2,1-2H3,(H,21,23)(H,19,20,24)/p+1/t18-/m0/s1. The van der Waals surface area contributed by atoms with Gasteiger partial charge in [-0.1, -0.05) is 12.1 Å². The van der Waals surface area contributed by atoms with E-state index < -0.39 is 15.4 Å². The van der Waals surface area contributed by atoms with E-state index in [2.05, 4.69) is 15.3 Å². The smallest absolute Gasteiger partial charge is 0.275 e. The van der Waals surface area contributed by atoms with Gasteiger partial charge in [0.2, 0.25) is 0 Å². The molecule has 1 aromatic heterocycles. The van der Waals surface area contributed by atoms with Crippen molar-refractivity contribution in [2.45, 2.75) is 32.4 Å². The first kappa shape index (κ1) is 19.5. The number of quaternary nitrogens is 1. The van der Waals surface area contributed by atoms with Gasteiger partial charge in [0.15, 0.2) is 22.2 Å². The summed E-state index contributed by atoms with van der Waals surface area (Å²) in [6.07, 6.45) is 0.433.